The Labute approximate surface area is 280 Å². The van der Waals surface area contributed by atoms with Gasteiger partial charge < -0.3 is 15.2 Å². The molecule has 2 atom stereocenters. The number of para-hydroxylation sites is 2. The second kappa shape index (κ2) is 12.3. The third kappa shape index (κ3) is 5.13. The Morgan fingerprint density at radius 1 is 0.583 bits per heavy atom. The summed E-state index contributed by atoms with van der Waals surface area (Å²) in [7, 11) is 0. The van der Waals surface area contributed by atoms with Gasteiger partial charge in [0.15, 0.2) is 0 Å². The molecule has 230 valence electrons. The second-order valence-corrected chi connectivity index (χ2v) is 12.5. The number of fused-ring (bicyclic) bond motifs is 3. The molecule has 0 radical (unpaired) electrons. The largest absolute Gasteiger partial charge is 0.309 e. The fourth-order valence-electron chi connectivity index (χ4n) is 7.26. The minimum absolute atomic E-state index is 0.208. The van der Waals surface area contributed by atoms with Crippen LogP contribution in [0.3, 0.4) is 0 Å². The van der Waals surface area contributed by atoms with Crippen molar-refractivity contribution in [2.45, 2.75) is 19.0 Å². The summed E-state index contributed by atoms with van der Waals surface area (Å²) < 4.78 is 2.30. The summed E-state index contributed by atoms with van der Waals surface area (Å²) in [5.41, 5.74) is 11.4. The zero-order valence-corrected chi connectivity index (χ0v) is 26.6. The zero-order chi connectivity index (χ0) is 32.6. The first-order valence-corrected chi connectivity index (χ1v) is 16.3. The van der Waals surface area contributed by atoms with Crippen LogP contribution in [0.1, 0.15) is 39.9 Å². The molecule has 1 aliphatic rings. The monoisotopic (exact) mass is 619 g/mol. The van der Waals surface area contributed by atoms with Gasteiger partial charge in [-0.15, -0.1) is 0 Å². The predicted molar refractivity (Wildman–Crippen MR) is 194 cm³/mol. The van der Waals surface area contributed by atoms with E-state index in [2.05, 4.69) is 137 Å². The number of nitriles is 2. The first-order valence-electron chi connectivity index (χ1n) is 16.3. The Morgan fingerprint density at radius 2 is 1.17 bits per heavy atom. The van der Waals surface area contributed by atoms with Crippen molar-refractivity contribution in [1.29, 1.82) is 10.5 Å². The Morgan fingerprint density at radius 3 is 1.81 bits per heavy atom. The van der Waals surface area contributed by atoms with Crippen molar-refractivity contribution in [3.8, 4) is 40.1 Å². The van der Waals surface area contributed by atoms with Crippen LogP contribution < -0.4 is 10.6 Å². The first-order chi connectivity index (χ1) is 23.6. The summed E-state index contributed by atoms with van der Waals surface area (Å²) in [6.45, 7) is 3.83. The van der Waals surface area contributed by atoms with E-state index in [0.717, 1.165) is 41.0 Å². The average molecular weight is 620 g/mol. The molecule has 0 aliphatic carbocycles. The normalized spacial score (nSPS) is 16.1. The first kappa shape index (κ1) is 29.4. The minimum atomic E-state index is 0.208. The highest BCUT2D eigenvalue weighted by atomic mass is 15.1. The van der Waals surface area contributed by atoms with Crippen LogP contribution in [0.4, 0.5) is 0 Å². The predicted octanol–water partition coefficient (Wildman–Crippen LogP) is 9.14. The summed E-state index contributed by atoms with van der Waals surface area (Å²) in [5.74, 6) is 0. The number of hydrogen-bond acceptors (Lipinski definition) is 4. The fraction of sp³-hybridized carbons (Fsp3) is 0.116. The van der Waals surface area contributed by atoms with Gasteiger partial charge in [-0.25, -0.2) is 0 Å². The average Bonchev–Trinajstić information content (AvgIpc) is 3.50. The van der Waals surface area contributed by atoms with Crippen molar-refractivity contribution in [3.63, 3.8) is 0 Å². The van der Waals surface area contributed by atoms with Crippen LogP contribution in [0.5, 0.6) is 0 Å². The summed E-state index contributed by atoms with van der Waals surface area (Å²) >= 11 is 0. The maximum Gasteiger partial charge on any atom is 0.0998 e. The lowest BCUT2D eigenvalue weighted by Crippen LogP contribution is -2.45. The van der Waals surface area contributed by atoms with Crippen LogP contribution in [0.2, 0.25) is 0 Å². The lowest BCUT2D eigenvalue weighted by Gasteiger charge is -2.32. The zero-order valence-electron chi connectivity index (χ0n) is 26.6. The summed E-state index contributed by atoms with van der Waals surface area (Å²) in [6.07, 6.45) is 0. The molecule has 0 saturated carbocycles. The molecule has 2 heterocycles. The van der Waals surface area contributed by atoms with Gasteiger partial charge in [0.1, 0.15) is 0 Å². The second-order valence-electron chi connectivity index (χ2n) is 12.5. The molecule has 7 aromatic rings. The van der Waals surface area contributed by atoms with Gasteiger partial charge in [-0.3, -0.25) is 0 Å². The number of hydrogen-bond donors (Lipinski definition) is 2. The van der Waals surface area contributed by atoms with Crippen molar-refractivity contribution in [2.75, 3.05) is 13.1 Å². The van der Waals surface area contributed by atoms with Gasteiger partial charge in [0.05, 0.1) is 34.3 Å². The van der Waals surface area contributed by atoms with E-state index in [1.807, 2.05) is 30.3 Å². The number of aromatic nitrogens is 1. The third-order valence-electron chi connectivity index (χ3n) is 9.68. The van der Waals surface area contributed by atoms with Crippen LogP contribution in [0.15, 0.2) is 133 Å². The molecule has 1 saturated heterocycles. The fourth-order valence-corrected chi connectivity index (χ4v) is 7.26. The number of rotatable bonds is 5. The van der Waals surface area contributed by atoms with Gasteiger partial charge in [0.2, 0.25) is 0 Å². The molecule has 5 heteroatoms. The minimum Gasteiger partial charge on any atom is -0.309 e. The van der Waals surface area contributed by atoms with Crippen LogP contribution in [0.25, 0.3) is 49.7 Å². The van der Waals surface area contributed by atoms with E-state index in [0.29, 0.717) is 22.7 Å². The van der Waals surface area contributed by atoms with E-state index in [1.54, 1.807) is 0 Å². The molecule has 0 bridgehead atoms. The summed E-state index contributed by atoms with van der Waals surface area (Å²) in [4.78, 5) is 0. The van der Waals surface area contributed by atoms with Gasteiger partial charge in [0, 0.05) is 47.2 Å². The number of nitrogens with zero attached hydrogens (tertiary/aromatic N) is 3. The van der Waals surface area contributed by atoms with E-state index < -0.39 is 0 Å². The van der Waals surface area contributed by atoms with Crippen molar-refractivity contribution in [3.05, 3.63) is 161 Å². The summed E-state index contributed by atoms with van der Waals surface area (Å²) in [5, 5.41) is 30.4. The Bertz CT molecular complexity index is 2330. The molecule has 48 heavy (non-hydrogen) atoms. The molecular weight excluding hydrogens is 587 g/mol. The lowest BCUT2D eigenvalue weighted by atomic mass is 9.90. The van der Waals surface area contributed by atoms with Crippen molar-refractivity contribution >= 4 is 21.8 Å². The third-order valence-corrected chi connectivity index (χ3v) is 9.68. The highest BCUT2D eigenvalue weighted by Crippen LogP contribution is 2.36. The van der Waals surface area contributed by atoms with Gasteiger partial charge in [-0.05, 0) is 70.6 Å². The molecule has 5 nitrogen and oxygen atoms in total. The quantitative estimate of drug-likeness (QED) is 0.201. The Kier molecular flexibility index (Phi) is 7.55. The summed E-state index contributed by atoms with van der Waals surface area (Å²) in [6, 6.07) is 51.1. The van der Waals surface area contributed by atoms with Crippen molar-refractivity contribution in [2.24, 2.45) is 0 Å². The van der Waals surface area contributed by atoms with E-state index in [4.69, 9.17) is 0 Å². The van der Waals surface area contributed by atoms with E-state index in [1.165, 1.54) is 33.0 Å². The van der Waals surface area contributed by atoms with Crippen LogP contribution in [-0.2, 0) is 0 Å². The highest BCUT2D eigenvalue weighted by Gasteiger charge is 2.22. The topological polar surface area (TPSA) is 76.6 Å². The van der Waals surface area contributed by atoms with Crippen LogP contribution in [0, 0.1) is 29.6 Å². The molecular formula is C43H33N5. The van der Waals surface area contributed by atoms with Gasteiger partial charge in [0.25, 0.3) is 0 Å². The molecule has 1 fully saturated rings. The molecule has 1 aliphatic heterocycles. The van der Waals surface area contributed by atoms with Crippen LogP contribution in [-0.4, -0.2) is 17.7 Å². The highest BCUT2D eigenvalue weighted by molar-refractivity contribution is 6.10. The Balaban J connectivity index is 1.08. The number of aryl methyl sites for hydroxylation is 1. The van der Waals surface area contributed by atoms with Gasteiger partial charge in [-0.2, -0.15) is 10.5 Å². The molecule has 1 aromatic heterocycles. The van der Waals surface area contributed by atoms with E-state index >= 15 is 0 Å². The molecule has 8 rings (SSSR count). The van der Waals surface area contributed by atoms with Crippen molar-refractivity contribution < 1.29 is 0 Å². The van der Waals surface area contributed by atoms with Crippen LogP contribution >= 0.6 is 0 Å². The number of nitrogens with one attached hydrogen (secondary N) is 2. The lowest BCUT2D eigenvalue weighted by molar-refractivity contribution is 0.357. The maximum atomic E-state index is 10.3. The smallest absolute Gasteiger partial charge is 0.0998 e. The molecule has 0 spiro atoms. The molecule has 2 N–H and O–H groups in total. The van der Waals surface area contributed by atoms with E-state index in [9.17, 15) is 10.5 Å². The molecule has 0 amide bonds. The van der Waals surface area contributed by atoms with Crippen molar-refractivity contribution in [1.82, 2.24) is 15.2 Å². The number of benzene rings is 6. The number of piperazine rings is 1. The van der Waals surface area contributed by atoms with Gasteiger partial charge in [-0.1, -0.05) is 103 Å². The van der Waals surface area contributed by atoms with E-state index in [-0.39, 0.29) is 6.04 Å². The molecule has 2 unspecified atom stereocenters. The van der Waals surface area contributed by atoms with Gasteiger partial charge >= 0.3 is 0 Å². The molecule has 6 aromatic carbocycles. The standard InChI is InChI=1S/C43H33N5/c1-28-8-7-12-38-37-11-5-6-13-41(37)48(43(28)38)36-20-18-32(19-21-36)42-34(24-44)22-33(23-35(42)25-45)29-14-16-31(17-15-29)40-27-46-39(26-47-40)30-9-3-2-4-10-30/h2-23,39-40,46-47H,26-27H2,1H3. The maximum absolute atomic E-state index is 10.3. The SMILES string of the molecule is Cc1cccc2c3ccccc3n(-c3ccc(-c4c(C#N)cc(-c5ccc(C6CNC(c7ccccc7)CN6)cc5)cc4C#N)cc3)c12. The Hall–Kier alpha value is -5.98.